The number of imidazole rings is 1. The van der Waals surface area contributed by atoms with Gasteiger partial charge in [0.05, 0.1) is 22.4 Å². The Balaban J connectivity index is 1.70. The quantitative estimate of drug-likeness (QED) is 0.711. The second-order valence-electron chi connectivity index (χ2n) is 7.75. The van der Waals surface area contributed by atoms with Gasteiger partial charge in [0.25, 0.3) is 0 Å². The molecular formula is C22H27N5O2. The van der Waals surface area contributed by atoms with Crippen molar-refractivity contribution >= 4 is 34.1 Å². The number of carbonyl (C=O) groups is 1. The van der Waals surface area contributed by atoms with E-state index in [1.165, 1.54) is 6.42 Å². The van der Waals surface area contributed by atoms with E-state index in [-0.39, 0.29) is 11.7 Å². The van der Waals surface area contributed by atoms with Crippen LogP contribution in [0.4, 0.5) is 21.9 Å². The Morgan fingerprint density at radius 2 is 1.52 bits per heavy atom. The molecule has 2 amide bonds. The summed E-state index contributed by atoms with van der Waals surface area (Å²) >= 11 is 0. The lowest BCUT2D eigenvalue weighted by Crippen LogP contribution is -2.31. The zero-order valence-electron chi connectivity index (χ0n) is 17.2. The molecular weight excluding hydrogens is 366 g/mol. The summed E-state index contributed by atoms with van der Waals surface area (Å²) in [5, 5.41) is 5.89. The van der Waals surface area contributed by atoms with Crippen molar-refractivity contribution in [3.05, 3.63) is 52.4 Å². The Labute approximate surface area is 169 Å². The van der Waals surface area contributed by atoms with E-state index in [0.29, 0.717) is 5.69 Å². The Morgan fingerprint density at radius 1 is 0.897 bits per heavy atom. The van der Waals surface area contributed by atoms with Crippen LogP contribution in [0.1, 0.15) is 24.8 Å². The molecule has 1 aromatic heterocycles. The molecule has 0 saturated carbocycles. The van der Waals surface area contributed by atoms with Crippen LogP contribution in [0.25, 0.3) is 11.0 Å². The maximum absolute atomic E-state index is 12.7. The number of fused-ring (bicyclic) bond motifs is 1. The second-order valence-corrected chi connectivity index (χ2v) is 7.75. The first-order valence-corrected chi connectivity index (χ1v) is 10.0. The topological polar surface area (TPSA) is 71.3 Å². The van der Waals surface area contributed by atoms with E-state index in [0.717, 1.165) is 53.9 Å². The van der Waals surface area contributed by atoms with Gasteiger partial charge in [0.15, 0.2) is 0 Å². The number of piperidine rings is 1. The van der Waals surface area contributed by atoms with Crippen molar-refractivity contribution in [3.63, 3.8) is 0 Å². The summed E-state index contributed by atoms with van der Waals surface area (Å²) in [6, 6.07) is 11.3. The molecule has 152 valence electrons. The van der Waals surface area contributed by atoms with Crippen LogP contribution < -0.4 is 21.2 Å². The van der Waals surface area contributed by atoms with Gasteiger partial charge in [-0.1, -0.05) is 17.7 Å². The average Bonchev–Trinajstić information content (AvgIpc) is 2.93. The smallest absolute Gasteiger partial charge is 0.328 e. The number of hydrogen-bond donors (Lipinski definition) is 2. The predicted octanol–water partition coefficient (Wildman–Crippen LogP) is 3.82. The highest BCUT2D eigenvalue weighted by Gasteiger charge is 2.20. The van der Waals surface area contributed by atoms with E-state index in [4.69, 9.17) is 0 Å². The second kappa shape index (κ2) is 7.66. The summed E-state index contributed by atoms with van der Waals surface area (Å²) in [5.41, 5.74) is 5.12. The van der Waals surface area contributed by atoms with Crippen molar-refractivity contribution in [1.82, 2.24) is 9.13 Å². The molecule has 4 rings (SSSR count). The van der Waals surface area contributed by atoms with Crippen molar-refractivity contribution in [3.8, 4) is 0 Å². The maximum Gasteiger partial charge on any atom is 0.328 e. The highest BCUT2D eigenvalue weighted by molar-refractivity contribution is 6.04. The number of anilines is 3. The Bertz CT molecular complexity index is 1100. The van der Waals surface area contributed by atoms with Crippen LogP contribution in [0.2, 0.25) is 0 Å². The lowest BCUT2D eigenvalue weighted by atomic mass is 10.1. The van der Waals surface area contributed by atoms with Crippen molar-refractivity contribution in [2.75, 3.05) is 28.6 Å². The number of amides is 2. The van der Waals surface area contributed by atoms with Gasteiger partial charge in [0, 0.05) is 32.9 Å². The number of hydrogen-bond acceptors (Lipinski definition) is 3. The van der Waals surface area contributed by atoms with Crippen molar-refractivity contribution in [1.29, 1.82) is 0 Å². The first-order chi connectivity index (χ1) is 13.9. The van der Waals surface area contributed by atoms with Crippen LogP contribution in [-0.4, -0.2) is 28.3 Å². The van der Waals surface area contributed by atoms with Gasteiger partial charge in [-0.2, -0.15) is 0 Å². The number of benzene rings is 2. The Hall–Kier alpha value is -3.22. The number of aryl methyl sites for hydroxylation is 3. The zero-order valence-corrected chi connectivity index (χ0v) is 17.2. The molecule has 7 nitrogen and oxygen atoms in total. The van der Waals surface area contributed by atoms with Gasteiger partial charge in [0.1, 0.15) is 0 Å². The number of carbonyl (C=O) groups excluding carboxylic acids is 1. The third kappa shape index (κ3) is 3.72. The monoisotopic (exact) mass is 393 g/mol. The summed E-state index contributed by atoms with van der Waals surface area (Å²) in [5.74, 6) is 0. The molecule has 0 atom stereocenters. The summed E-state index contributed by atoms with van der Waals surface area (Å²) in [6.07, 6.45) is 3.47. The zero-order chi connectivity index (χ0) is 20.5. The maximum atomic E-state index is 12.7. The molecule has 3 aromatic rings. The SMILES string of the molecule is Cc1ccc(NC(=O)Nc2cc3c(cc2N2CCCCC2)n(C)c(=O)n3C)cc1. The molecule has 1 saturated heterocycles. The van der Waals surface area contributed by atoms with E-state index in [1.54, 1.807) is 23.2 Å². The van der Waals surface area contributed by atoms with Gasteiger partial charge in [-0.15, -0.1) is 0 Å². The van der Waals surface area contributed by atoms with Crippen molar-refractivity contribution in [2.24, 2.45) is 14.1 Å². The fourth-order valence-electron chi connectivity index (χ4n) is 3.95. The summed E-state index contributed by atoms with van der Waals surface area (Å²) in [6.45, 7) is 3.90. The molecule has 7 heteroatoms. The minimum atomic E-state index is -0.299. The van der Waals surface area contributed by atoms with Crippen LogP contribution in [0.3, 0.4) is 0 Å². The fourth-order valence-corrected chi connectivity index (χ4v) is 3.95. The third-order valence-corrected chi connectivity index (χ3v) is 5.64. The third-order valence-electron chi connectivity index (χ3n) is 5.64. The lowest BCUT2D eigenvalue weighted by molar-refractivity contribution is 0.262. The average molecular weight is 393 g/mol. The van der Waals surface area contributed by atoms with Crippen LogP contribution in [0, 0.1) is 6.92 Å². The Morgan fingerprint density at radius 3 is 2.17 bits per heavy atom. The van der Waals surface area contributed by atoms with Gasteiger partial charge in [-0.25, -0.2) is 9.59 Å². The van der Waals surface area contributed by atoms with E-state index in [9.17, 15) is 9.59 Å². The van der Waals surface area contributed by atoms with E-state index in [2.05, 4.69) is 15.5 Å². The molecule has 1 aliphatic heterocycles. The Kier molecular flexibility index (Phi) is 5.05. The minimum absolute atomic E-state index is 0.0779. The number of nitrogens with zero attached hydrogens (tertiary/aromatic N) is 3. The van der Waals surface area contributed by atoms with Gasteiger partial charge < -0.3 is 15.5 Å². The van der Waals surface area contributed by atoms with Crippen LogP contribution in [0.5, 0.6) is 0 Å². The van der Waals surface area contributed by atoms with Crippen molar-refractivity contribution in [2.45, 2.75) is 26.2 Å². The molecule has 2 N–H and O–H groups in total. The number of nitrogens with one attached hydrogen (secondary N) is 2. The molecule has 2 heterocycles. The minimum Gasteiger partial charge on any atom is -0.370 e. The summed E-state index contributed by atoms with van der Waals surface area (Å²) < 4.78 is 3.26. The summed E-state index contributed by atoms with van der Waals surface area (Å²) in [4.78, 5) is 27.4. The molecule has 0 bridgehead atoms. The predicted molar refractivity (Wildman–Crippen MR) is 118 cm³/mol. The highest BCUT2D eigenvalue weighted by atomic mass is 16.2. The van der Waals surface area contributed by atoms with E-state index >= 15 is 0 Å². The molecule has 2 aromatic carbocycles. The first-order valence-electron chi connectivity index (χ1n) is 10.0. The fraction of sp³-hybridized carbons (Fsp3) is 0.364. The molecule has 0 spiro atoms. The molecule has 29 heavy (non-hydrogen) atoms. The normalized spacial score (nSPS) is 14.2. The number of aromatic nitrogens is 2. The molecule has 1 fully saturated rings. The standard InChI is InChI=1S/C22H27N5O2/c1-15-7-9-16(10-8-15)23-21(28)24-17-13-19-20(26(3)22(29)25(19)2)14-18(17)27-11-5-4-6-12-27/h7-10,13-14H,4-6,11-12H2,1-3H3,(H2,23,24,28). The van der Waals surface area contributed by atoms with Gasteiger partial charge >= 0.3 is 11.7 Å². The van der Waals surface area contributed by atoms with E-state index in [1.807, 2.05) is 43.3 Å². The van der Waals surface area contributed by atoms with Crippen LogP contribution >= 0.6 is 0 Å². The molecule has 1 aliphatic rings. The van der Waals surface area contributed by atoms with E-state index < -0.39 is 0 Å². The highest BCUT2D eigenvalue weighted by Crippen LogP contribution is 2.33. The van der Waals surface area contributed by atoms with Gasteiger partial charge in [-0.05, 0) is 50.5 Å². The van der Waals surface area contributed by atoms with Gasteiger partial charge in [0.2, 0.25) is 0 Å². The molecule has 0 radical (unpaired) electrons. The molecule has 0 aliphatic carbocycles. The number of rotatable bonds is 3. The lowest BCUT2D eigenvalue weighted by Gasteiger charge is -2.30. The molecule has 0 unspecified atom stereocenters. The largest absolute Gasteiger partial charge is 0.370 e. The van der Waals surface area contributed by atoms with Crippen LogP contribution in [0.15, 0.2) is 41.2 Å². The first kappa shape index (κ1) is 19.1. The number of urea groups is 1. The van der Waals surface area contributed by atoms with Gasteiger partial charge in [-0.3, -0.25) is 9.13 Å². The van der Waals surface area contributed by atoms with Crippen molar-refractivity contribution < 1.29 is 4.79 Å². The van der Waals surface area contributed by atoms with Crippen LogP contribution in [-0.2, 0) is 14.1 Å². The summed E-state index contributed by atoms with van der Waals surface area (Å²) in [7, 11) is 3.53.